The van der Waals surface area contributed by atoms with Crippen LogP contribution in [0, 0.1) is 12.8 Å². The summed E-state index contributed by atoms with van der Waals surface area (Å²) in [6.45, 7) is 6.90. The van der Waals surface area contributed by atoms with Gasteiger partial charge in [0.15, 0.2) is 0 Å². The number of furan rings is 1. The molecule has 0 unspecified atom stereocenters. The number of H-pyrrole nitrogens is 1. The molecular formula is C23H24N2O4. The van der Waals surface area contributed by atoms with Crippen molar-refractivity contribution in [1.82, 2.24) is 9.88 Å². The van der Waals surface area contributed by atoms with E-state index < -0.39 is 5.97 Å². The number of carbonyl (C=O) groups is 2. The van der Waals surface area contributed by atoms with Gasteiger partial charge in [0.25, 0.3) is 5.91 Å². The zero-order valence-corrected chi connectivity index (χ0v) is 16.9. The largest absolute Gasteiger partial charge is 0.461 e. The van der Waals surface area contributed by atoms with Crippen LogP contribution >= 0.6 is 0 Å². The van der Waals surface area contributed by atoms with E-state index in [1.165, 1.54) is 12.8 Å². The van der Waals surface area contributed by atoms with Crippen LogP contribution < -0.4 is 0 Å². The molecule has 0 radical (unpaired) electrons. The quantitative estimate of drug-likeness (QED) is 0.641. The number of ether oxygens (including phenoxy) is 1. The molecule has 1 N–H and O–H groups in total. The number of benzene rings is 1. The Morgan fingerprint density at radius 3 is 2.86 bits per heavy atom. The van der Waals surface area contributed by atoms with E-state index in [1.807, 2.05) is 17.9 Å². The molecule has 1 aromatic carbocycles. The minimum Gasteiger partial charge on any atom is -0.461 e. The first-order chi connectivity index (χ1) is 14.0. The number of aromatic amines is 1. The van der Waals surface area contributed by atoms with Crippen molar-refractivity contribution in [1.29, 1.82) is 0 Å². The van der Waals surface area contributed by atoms with E-state index >= 15 is 0 Å². The van der Waals surface area contributed by atoms with E-state index in [-0.39, 0.29) is 11.9 Å². The Bertz CT molecular complexity index is 1140. The Morgan fingerprint density at radius 1 is 1.34 bits per heavy atom. The van der Waals surface area contributed by atoms with Crippen LogP contribution in [0.15, 0.2) is 28.9 Å². The van der Waals surface area contributed by atoms with Crippen molar-refractivity contribution in [2.24, 2.45) is 5.92 Å². The van der Waals surface area contributed by atoms with Crippen molar-refractivity contribution in [2.75, 3.05) is 6.61 Å². The number of aromatic nitrogens is 1. The Balaban J connectivity index is 1.52. The van der Waals surface area contributed by atoms with E-state index in [2.05, 4.69) is 18.0 Å². The fourth-order valence-electron chi connectivity index (χ4n) is 4.46. The first-order valence-electron chi connectivity index (χ1n) is 10.2. The van der Waals surface area contributed by atoms with Gasteiger partial charge in [0.2, 0.25) is 5.71 Å². The SMILES string of the molecule is CCOC(=O)c1cc2c(-c3cc(C)c4c(c3)CN([C@@H](C)C3CC3)C4=O)coc2[nH]1. The Hall–Kier alpha value is -3.02. The third-order valence-electron chi connectivity index (χ3n) is 6.20. The smallest absolute Gasteiger partial charge is 0.354 e. The van der Waals surface area contributed by atoms with Gasteiger partial charge < -0.3 is 19.0 Å². The Labute approximate surface area is 168 Å². The van der Waals surface area contributed by atoms with Gasteiger partial charge in [-0.05, 0) is 68.4 Å². The summed E-state index contributed by atoms with van der Waals surface area (Å²) in [6.07, 6.45) is 4.13. The van der Waals surface area contributed by atoms with Crippen molar-refractivity contribution in [3.8, 4) is 11.1 Å². The fourth-order valence-corrected chi connectivity index (χ4v) is 4.46. The van der Waals surface area contributed by atoms with E-state index in [1.54, 1.807) is 19.3 Å². The lowest BCUT2D eigenvalue weighted by Gasteiger charge is -2.24. The zero-order valence-electron chi connectivity index (χ0n) is 16.9. The van der Waals surface area contributed by atoms with Gasteiger partial charge in [-0.2, -0.15) is 0 Å². The predicted molar refractivity (Wildman–Crippen MR) is 109 cm³/mol. The van der Waals surface area contributed by atoms with Gasteiger partial charge in [0, 0.05) is 29.1 Å². The zero-order chi connectivity index (χ0) is 20.3. The summed E-state index contributed by atoms with van der Waals surface area (Å²) < 4.78 is 10.7. The third-order valence-corrected chi connectivity index (χ3v) is 6.20. The molecule has 1 fully saturated rings. The molecule has 2 aliphatic rings. The summed E-state index contributed by atoms with van der Waals surface area (Å²) in [5.74, 6) is 0.389. The van der Waals surface area contributed by atoms with Crippen molar-refractivity contribution >= 4 is 23.0 Å². The van der Waals surface area contributed by atoms with E-state index in [0.717, 1.165) is 33.2 Å². The molecule has 6 nitrogen and oxygen atoms in total. The van der Waals surface area contributed by atoms with E-state index in [4.69, 9.17) is 9.15 Å². The topological polar surface area (TPSA) is 75.5 Å². The molecule has 0 spiro atoms. The minimum absolute atomic E-state index is 0.145. The summed E-state index contributed by atoms with van der Waals surface area (Å²) in [4.78, 5) is 30.0. The normalized spacial score (nSPS) is 17.1. The van der Waals surface area contributed by atoms with Gasteiger partial charge in [0.1, 0.15) is 12.0 Å². The highest BCUT2D eigenvalue weighted by Crippen LogP contribution is 2.40. The standard InChI is InChI=1S/C23H24N2O4/c1-4-28-23(27)19-9-17-18(11-29-21(17)24-19)15-7-12(2)20-16(8-15)10-25(22(20)26)13(3)14-5-6-14/h7-9,11,13-14,24H,4-6,10H2,1-3H3/t13-/m0/s1. The predicted octanol–water partition coefficient (Wildman–Crippen LogP) is 4.67. The molecule has 1 aliphatic heterocycles. The van der Waals surface area contributed by atoms with Gasteiger partial charge in [-0.15, -0.1) is 0 Å². The van der Waals surface area contributed by atoms with Crippen LogP contribution in [0.3, 0.4) is 0 Å². The second kappa shape index (κ2) is 6.51. The number of fused-ring (bicyclic) bond motifs is 2. The number of carbonyl (C=O) groups excluding carboxylic acids is 2. The molecule has 1 amide bonds. The molecule has 6 heteroatoms. The summed E-state index contributed by atoms with van der Waals surface area (Å²) in [5, 5.41) is 0.833. The van der Waals surface area contributed by atoms with Gasteiger partial charge >= 0.3 is 5.97 Å². The summed E-state index contributed by atoms with van der Waals surface area (Å²) >= 11 is 0. The van der Waals surface area contributed by atoms with Gasteiger partial charge in [-0.3, -0.25) is 4.79 Å². The number of hydrogen-bond donors (Lipinski definition) is 1. The minimum atomic E-state index is -0.398. The second-order valence-corrected chi connectivity index (χ2v) is 8.13. The van der Waals surface area contributed by atoms with E-state index in [9.17, 15) is 9.59 Å². The van der Waals surface area contributed by atoms with Crippen LogP contribution in [-0.4, -0.2) is 34.4 Å². The fraction of sp³-hybridized carbons (Fsp3) is 0.391. The average Bonchev–Trinajstić information content (AvgIpc) is 3.19. The van der Waals surface area contributed by atoms with Crippen molar-refractivity contribution in [3.05, 3.63) is 46.8 Å². The molecular weight excluding hydrogens is 368 g/mol. The number of aryl methyl sites for hydroxylation is 1. The molecule has 3 heterocycles. The summed E-state index contributed by atoms with van der Waals surface area (Å²) in [7, 11) is 0. The molecule has 1 atom stereocenters. The van der Waals surface area contributed by atoms with Crippen LogP contribution in [0.25, 0.3) is 22.2 Å². The lowest BCUT2D eigenvalue weighted by atomic mass is 9.96. The number of nitrogens with zero attached hydrogens (tertiary/aromatic N) is 1. The summed E-state index contributed by atoms with van der Waals surface area (Å²) in [6, 6.07) is 6.17. The maximum atomic E-state index is 13.0. The van der Waals surface area contributed by atoms with Gasteiger partial charge in [-0.25, -0.2) is 4.79 Å². The summed E-state index contributed by atoms with van der Waals surface area (Å²) in [5.41, 5.74) is 5.68. The Morgan fingerprint density at radius 2 is 2.14 bits per heavy atom. The van der Waals surface area contributed by atoms with Crippen molar-refractivity contribution < 1.29 is 18.7 Å². The first-order valence-corrected chi connectivity index (χ1v) is 10.2. The van der Waals surface area contributed by atoms with Crippen LogP contribution in [0.4, 0.5) is 0 Å². The number of nitrogens with one attached hydrogen (secondary N) is 1. The first kappa shape index (κ1) is 18.0. The molecule has 0 saturated heterocycles. The molecule has 29 heavy (non-hydrogen) atoms. The van der Waals surface area contributed by atoms with Crippen LogP contribution in [0.5, 0.6) is 0 Å². The molecule has 150 valence electrons. The molecule has 2 aromatic heterocycles. The van der Waals surface area contributed by atoms with Gasteiger partial charge in [-0.1, -0.05) is 6.07 Å². The molecule has 5 rings (SSSR count). The van der Waals surface area contributed by atoms with Crippen LogP contribution in [0.2, 0.25) is 0 Å². The lowest BCUT2D eigenvalue weighted by molar-refractivity contribution is 0.0520. The van der Waals surface area contributed by atoms with Crippen LogP contribution in [0.1, 0.15) is 58.7 Å². The highest BCUT2D eigenvalue weighted by Gasteiger charge is 2.39. The number of esters is 1. The molecule has 0 bridgehead atoms. The van der Waals surface area contributed by atoms with Crippen LogP contribution in [-0.2, 0) is 11.3 Å². The third kappa shape index (κ3) is 2.85. The van der Waals surface area contributed by atoms with Gasteiger partial charge in [0.05, 0.1) is 6.61 Å². The molecule has 3 aromatic rings. The monoisotopic (exact) mass is 392 g/mol. The molecule has 1 aliphatic carbocycles. The average molecular weight is 392 g/mol. The maximum absolute atomic E-state index is 13.0. The number of rotatable bonds is 5. The number of amides is 1. The number of hydrogen-bond acceptors (Lipinski definition) is 4. The lowest BCUT2D eigenvalue weighted by Crippen LogP contribution is -2.34. The van der Waals surface area contributed by atoms with Crippen molar-refractivity contribution in [3.63, 3.8) is 0 Å². The molecule has 1 saturated carbocycles. The second-order valence-electron chi connectivity index (χ2n) is 8.13. The maximum Gasteiger partial charge on any atom is 0.354 e. The highest BCUT2D eigenvalue weighted by molar-refractivity contribution is 6.03. The van der Waals surface area contributed by atoms with Crippen molar-refractivity contribution in [2.45, 2.75) is 46.2 Å². The highest BCUT2D eigenvalue weighted by atomic mass is 16.5. The van der Waals surface area contributed by atoms with E-state index in [0.29, 0.717) is 30.5 Å². The Kier molecular flexibility index (Phi) is 4.05.